The molecule has 4 heteroatoms. The largest absolute Gasteiger partial charge is 0.411 e. The van der Waals surface area contributed by atoms with E-state index in [1.54, 1.807) is 12.1 Å². The lowest BCUT2D eigenvalue weighted by Gasteiger charge is -2.06. The Kier molecular flexibility index (Phi) is 1.71. The summed E-state index contributed by atoms with van der Waals surface area (Å²) >= 11 is 0. The average molecular weight is 141 g/mol. The molecule has 4 N–H and O–H groups in total. The molecule has 0 radical (unpaired) electrons. The van der Waals surface area contributed by atoms with Gasteiger partial charge in [-0.3, -0.25) is 0 Å². The van der Waals surface area contributed by atoms with Crippen LogP contribution in [0.15, 0.2) is 12.1 Å². The summed E-state index contributed by atoms with van der Waals surface area (Å²) < 4.78 is 1.40. The van der Waals surface area contributed by atoms with Crippen molar-refractivity contribution >= 4 is 11.6 Å². The minimum absolute atomic E-state index is 0.527. The maximum absolute atomic E-state index is 5.49. The van der Waals surface area contributed by atoms with Gasteiger partial charge in [0.15, 0.2) is 0 Å². The summed E-state index contributed by atoms with van der Waals surface area (Å²) in [6.07, 6.45) is 0. The van der Waals surface area contributed by atoms with Crippen molar-refractivity contribution in [3.05, 3.63) is 12.1 Å². The van der Waals surface area contributed by atoms with E-state index in [2.05, 4.69) is 0 Å². The van der Waals surface area contributed by atoms with Crippen LogP contribution in [0.4, 0.5) is 11.6 Å². The average Bonchev–Trinajstić information content (AvgIpc) is 2.20. The molecule has 0 amide bonds. The SMILES string of the molecule is CCOn1c(N)ccc1N. The van der Waals surface area contributed by atoms with E-state index in [1.807, 2.05) is 6.92 Å². The molecule has 0 saturated carbocycles. The van der Waals surface area contributed by atoms with Gasteiger partial charge in [-0.2, -0.15) is 4.73 Å². The number of aromatic nitrogens is 1. The number of hydrogen-bond acceptors (Lipinski definition) is 3. The first-order chi connectivity index (χ1) is 4.75. The first-order valence-corrected chi connectivity index (χ1v) is 3.11. The van der Waals surface area contributed by atoms with Gasteiger partial charge in [-0.15, -0.1) is 0 Å². The van der Waals surface area contributed by atoms with E-state index in [0.29, 0.717) is 18.2 Å². The van der Waals surface area contributed by atoms with Crippen LogP contribution < -0.4 is 16.3 Å². The van der Waals surface area contributed by atoms with Crippen molar-refractivity contribution in [2.24, 2.45) is 0 Å². The molecule has 0 spiro atoms. The van der Waals surface area contributed by atoms with Crippen LogP contribution in [0.25, 0.3) is 0 Å². The Morgan fingerprint density at radius 2 is 1.90 bits per heavy atom. The molecule has 0 aliphatic carbocycles. The minimum Gasteiger partial charge on any atom is -0.411 e. The third-order valence-electron chi connectivity index (χ3n) is 1.15. The molecule has 0 fully saturated rings. The molecule has 1 aromatic heterocycles. The topological polar surface area (TPSA) is 66.2 Å². The predicted octanol–water partition coefficient (Wildman–Crippen LogP) is 0.101. The van der Waals surface area contributed by atoms with E-state index in [4.69, 9.17) is 16.3 Å². The Morgan fingerprint density at radius 1 is 1.40 bits per heavy atom. The minimum atomic E-state index is 0.527. The number of nitrogen functional groups attached to an aromatic ring is 2. The maximum atomic E-state index is 5.49. The van der Waals surface area contributed by atoms with Crippen molar-refractivity contribution in [3.8, 4) is 0 Å². The zero-order valence-electron chi connectivity index (χ0n) is 5.87. The molecule has 0 aliphatic rings. The molecule has 0 unspecified atom stereocenters. The van der Waals surface area contributed by atoms with Crippen LogP contribution in [-0.2, 0) is 0 Å². The quantitative estimate of drug-likeness (QED) is 0.614. The molecule has 4 nitrogen and oxygen atoms in total. The summed E-state index contributed by atoms with van der Waals surface area (Å²) in [4.78, 5) is 5.07. The normalized spacial score (nSPS) is 9.70. The standard InChI is InChI=1S/C6H11N3O/c1-2-10-9-5(7)3-4-6(9)8/h3-4H,2,7-8H2,1H3. The number of anilines is 2. The van der Waals surface area contributed by atoms with Gasteiger partial charge in [-0.1, -0.05) is 0 Å². The summed E-state index contributed by atoms with van der Waals surface area (Å²) in [5.74, 6) is 1.05. The number of hydrogen-bond donors (Lipinski definition) is 2. The van der Waals surface area contributed by atoms with Crippen molar-refractivity contribution in [1.82, 2.24) is 4.73 Å². The fraction of sp³-hybridized carbons (Fsp3) is 0.333. The highest BCUT2D eigenvalue weighted by molar-refractivity contribution is 5.43. The third-order valence-corrected chi connectivity index (χ3v) is 1.15. The first kappa shape index (κ1) is 6.80. The molecular weight excluding hydrogens is 130 g/mol. The second kappa shape index (κ2) is 2.51. The van der Waals surface area contributed by atoms with Crippen LogP contribution in [0.1, 0.15) is 6.92 Å². The van der Waals surface area contributed by atoms with Gasteiger partial charge >= 0.3 is 0 Å². The van der Waals surface area contributed by atoms with Crippen LogP contribution in [0.3, 0.4) is 0 Å². The van der Waals surface area contributed by atoms with Crippen LogP contribution >= 0.6 is 0 Å². The van der Waals surface area contributed by atoms with E-state index >= 15 is 0 Å². The highest BCUT2D eigenvalue weighted by Crippen LogP contribution is 2.09. The van der Waals surface area contributed by atoms with Crippen molar-refractivity contribution in [3.63, 3.8) is 0 Å². The Bertz CT molecular complexity index is 199. The molecular formula is C6H11N3O. The van der Waals surface area contributed by atoms with E-state index in [1.165, 1.54) is 4.73 Å². The van der Waals surface area contributed by atoms with Crippen molar-refractivity contribution < 1.29 is 4.84 Å². The molecule has 1 rings (SSSR count). The molecule has 56 valence electrons. The molecule has 10 heavy (non-hydrogen) atoms. The third kappa shape index (κ3) is 1.00. The second-order valence-electron chi connectivity index (χ2n) is 1.90. The van der Waals surface area contributed by atoms with E-state index in [-0.39, 0.29) is 0 Å². The number of rotatable bonds is 2. The molecule has 1 heterocycles. The smallest absolute Gasteiger partial charge is 0.142 e. The lowest BCUT2D eigenvalue weighted by atomic mass is 10.6. The van der Waals surface area contributed by atoms with Crippen LogP contribution in [0.2, 0.25) is 0 Å². The van der Waals surface area contributed by atoms with E-state index in [9.17, 15) is 0 Å². The zero-order valence-corrected chi connectivity index (χ0v) is 5.87. The van der Waals surface area contributed by atoms with Gasteiger partial charge < -0.3 is 16.3 Å². The Hall–Kier alpha value is -1.32. The molecule has 0 bridgehead atoms. The summed E-state index contributed by atoms with van der Waals surface area (Å²) in [5, 5.41) is 0. The monoisotopic (exact) mass is 141 g/mol. The van der Waals surface area contributed by atoms with Gasteiger partial charge in [-0.05, 0) is 19.1 Å². The highest BCUT2D eigenvalue weighted by Gasteiger charge is 1.99. The predicted molar refractivity (Wildman–Crippen MR) is 40.4 cm³/mol. The van der Waals surface area contributed by atoms with Gasteiger partial charge in [0.25, 0.3) is 0 Å². The van der Waals surface area contributed by atoms with Crippen LogP contribution in [-0.4, -0.2) is 11.3 Å². The second-order valence-corrected chi connectivity index (χ2v) is 1.90. The van der Waals surface area contributed by atoms with Gasteiger partial charge in [0.2, 0.25) is 0 Å². The zero-order chi connectivity index (χ0) is 7.56. The fourth-order valence-electron chi connectivity index (χ4n) is 0.733. The summed E-state index contributed by atoms with van der Waals surface area (Å²) in [7, 11) is 0. The molecule has 0 aromatic carbocycles. The summed E-state index contributed by atoms with van der Waals surface area (Å²) in [6, 6.07) is 3.40. The van der Waals surface area contributed by atoms with E-state index < -0.39 is 0 Å². The van der Waals surface area contributed by atoms with Gasteiger partial charge in [0.05, 0.1) is 0 Å². The van der Waals surface area contributed by atoms with Crippen molar-refractivity contribution in [1.29, 1.82) is 0 Å². The Morgan fingerprint density at radius 3 is 2.30 bits per heavy atom. The Balaban J connectivity index is 2.87. The van der Waals surface area contributed by atoms with Gasteiger partial charge in [0, 0.05) is 0 Å². The van der Waals surface area contributed by atoms with Gasteiger partial charge in [0.1, 0.15) is 18.2 Å². The molecule has 0 atom stereocenters. The van der Waals surface area contributed by atoms with Crippen LogP contribution in [0, 0.1) is 0 Å². The van der Waals surface area contributed by atoms with E-state index in [0.717, 1.165) is 0 Å². The maximum Gasteiger partial charge on any atom is 0.142 e. The first-order valence-electron chi connectivity index (χ1n) is 3.11. The summed E-state index contributed by atoms with van der Waals surface area (Å²) in [5.41, 5.74) is 11.0. The Labute approximate surface area is 59.3 Å². The van der Waals surface area contributed by atoms with Gasteiger partial charge in [-0.25, -0.2) is 0 Å². The lowest BCUT2D eigenvalue weighted by Crippen LogP contribution is -2.15. The van der Waals surface area contributed by atoms with Crippen molar-refractivity contribution in [2.75, 3.05) is 18.1 Å². The molecule has 1 aromatic rings. The number of nitrogens with two attached hydrogens (primary N) is 2. The fourth-order valence-corrected chi connectivity index (χ4v) is 0.733. The number of nitrogens with zero attached hydrogens (tertiary/aromatic N) is 1. The van der Waals surface area contributed by atoms with Crippen LogP contribution in [0.5, 0.6) is 0 Å². The molecule has 0 aliphatic heterocycles. The lowest BCUT2D eigenvalue weighted by molar-refractivity contribution is 0.132. The summed E-state index contributed by atoms with van der Waals surface area (Å²) in [6.45, 7) is 2.43. The highest BCUT2D eigenvalue weighted by atomic mass is 16.7. The molecule has 0 saturated heterocycles. The van der Waals surface area contributed by atoms with Crippen molar-refractivity contribution in [2.45, 2.75) is 6.92 Å².